The van der Waals surface area contributed by atoms with Gasteiger partial charge in [-0.1, -0.05) is 32.0 Å². The van der Waals surface area contributed by atoms with Crippen molar-refractivity contribution >= 4 is 30.8 Å². The molecule has 0 saturated heterocycles. The lowest BCUT2D eigenvalue weighted by Gasteiger charge is -2.37. The van der Waals surface area contributed by atoms with Crippen molar-refractivity contribution in [3.8, 4) is 11.6 Å². The summed E-state index contributed by atoms with van der Waals surface area (Å²) >= 11 is 0. The first-order valence-corrected chi connectivity index (χ1v) is 14.9. The Kier molecular flexibility index (Phi) is 11.0. The zero-order valence-corrected chi connectivity index (χ0v) is 25.6. The van der Waals surface area contributed by atoms with Crippen LogP contribution in [0.3, 0.4) is 0 Å². The number of methoxy groups -OCH3 is 1. The Bertz CT molecular complexity index is 1430. The van der Waals surface area contributed by atoms with Crippen LogP contribution >= 0.6 is 7.75 Å². The number of anilines is 1. The van der Waals surface area contributed by atoms with Crippen molar-refractivity contribution in [1.82, 2.24) is 24.6 Å². The number of nitrogens with one attached hydrogen (secondary N) is 1. The van der Waals surface area contributed by atoms with Gasteiger partial charge in [-0.3, -0.25) is 13.9 Å². The number of ether oxygens (including phenoxy) is 3. The number of hydrogen-bond donors (Lipinski definition) is 3. The van der Waals surface area contributed by atoms with Crippen LogP contribution in [-0.4, -0.2) is 75.5 Å². The molecule has 3 aromatic rings. The third-order valence-electron chi connectivity index (χ3n) is 6.04. The normalized spacial score (nSPS) is 17.4. The molecule has 4 N–H and O–H groups in total. The predicted octanol–water partition coefficient (Wildman–Crippen LogP) is 3.50. The number of halogens is 2. The van der Waals surface area contributed by atoms with Gasteiger partial charge in [0.1, 0.15) is 18.4 Å². The molecule has 2 heterocycles. The van der Waals surface area contributed by atoms with Gasteiger partial charge in [0.2, 0.25) is 17.6 Å². The summed E-state index contributed by atoms with van der Waals surface area (Å²) in [6.07, 6.45) is -1.68. The zero-order chi connectivity index (χ0) is 32.0. The molecule has 43 heavy (non-hydrogen) atoms. The molecule has 1 aromatic carbocycles. The van der Waals surface area contributed by atoms with Gasteiger partial charge >= 0.3 is 13.7 Å². The number of hydrogen-bond acceptors (Lipinski definition) is 12. The van der Waals surface area contributed by atoms with Gasteiger partial charge in [0.25, 0.3) is 5.85 Å². The van der Waals surface area contributed by atoms with Crippen LogP contribution in [0, 0.1) is 5.92 Å². The van der Waals surface area contributed by atoms with Gasteiger partial charge in [-0.25, -0.2) is 18.3 Å². The number of alkyl halides is 2. The number of nitrogens with two attached hydrogens (primary N) is 1. The van der Waals surface area contributed by atoms with E-state index < -0.39 is 44.1 Å². The number of aliphatic hydroxyl groups is 1. The minimum absolute atomic E-state index is 0.00792. The molecule has 2 unspecified atom stereocenters. The molecular formula is C26H37F2N6O8P. The third kappa shape index (κ3) is 8.15. The molecule has 17 heteroatoms. The summed E-state index contributed by atoms with van der Waals surface area (Å²) in [5.74, 6) is -7.35. The van der Waals surface area contributed by atoms with Crippen molar-refractivity contribution in [2.24, 2.45) is 5.92 Å². The van der Waals surface area contributed by atoms with Crippen molar-refractivity contribution in [3.63, 3.8) is 0 Å². The lowest BCUT2D eigenvalue weighted by molar-refractivity contribution is -0.253. The van der Waals surface area contributed by atoms with Gasteiger partial charge < -0.3 is 29.6 Å². The first-order chi connectivity index (χ1) is 20.2. The average Bonchev–Trinajstić information content (AvgIpc) is 3.39. The highest BCUT2D eigenvalue weighted by molar-refractivity contribution is 7.52. The molecule has 0 amide bonds. The third-order valence-corrected chi connectivity index (χ3v) is 7.67. The molecule has 0 saturated carbocycles. The molecule has 0 radical (unpaired) electrons. The molecule has 3 rings (SSSR count). The fourth-order valence-electron chi connectivity index (χ4n) is 3.77. The Morgan fingerprint density at radius 2 is 1.88 bits per heavy atom. The van der Waals surface area contributed by atoms with Crippen molar-refractivity contribution in [2.45, 2.75) is 58.4 Å². The average molecular weight is 631 g/mol. The molecule has 0 spiro atoms. The maximum atomic E-state index is 16.3. The highest BCUT2D eigenvalue weighted by Crippen LogP contribution is 2.47. The second kappa shape index (κ2) is 13.9. The van der Waals surface area contributed by atoms with Crippen LogP contribution in [-0.2, 0) is 29.1 Å². The Hall–Kier alpha value is -3.43. The molecule has 0 aliphatic carbocycles. The number of esters is 1. The van der Waals surface area contributed by atoms with Crippen molar-refractivity contribution in [1.29, 1.82) is 0 Å². The van der Waals surface area contributed by atoms with Crippen LogP contribution in [0.1, 0.15) is 34.6 Å². The van der Waals surface area contributed by atoms with Gasteiger partial charge in [-0.05, 0) is 38.8 Å². The summed E-state index contributed by atoms with van der Waals surface area (Å²) in [4.78, 5) is 24.4. The van der Waals surface area contributed by atoms with Crippen molar-refractivity contribution < 1.29 is 46.5 Å². The Morgan fingerprint density at radius 1 is 1.21 bits per heavy atom. The largest absolute Gasteiger partial charge is 0.476 e. The van der Waals surface area contributed by atoms with E-state index in [0.29, 0.717) is 0 Å². The van der Waals surface area contributed by atoms with E-state index in [9.17, 15) is 14.5 Å². The van der Waals surface area contributed by atoms with Crippen molar-refractivity contribution in [3.05, 3.63) is 36.7 Å². The highest BCUT2D eigenvalue weighted by atomic mass is 31.2. The molecule has 238 valence electrons. The van der Waals surface area contributed by atoms with E-state index in [0.717, 1.165) is 24.9 Å². The first-order valence-electron chi connectivity index (χ1n) is 13.3. The molecule has 5 atom stereocenters. The Morgan fingerprint density at radius 3 is 2.49 bits per heavy atom. The second-order valence-corrected chi connectivity index (χ2v) is 11.8. The van der Waals surface area contributed by atoms with Gasteiger partial charge in [-0.15, -0.1) is 0 Å². The lowest BCUT2D eigenvalue weighted by atomic mass is 10.0. The predicted molar refractivity (Wildman–Crippen MR) is 152 cm³/mol. The number of benzene rings is 1. The SMILES string of the molecule is CCOc1nc(N)nc2c1ncn2[C@](C)(F)[C@H](O)[C@@](F)(COP(=O)(NC(C)C(=O)OCC(C)C)Oc1ccccc1)OC. The second-order valence-electron chi connectivity index (χ2n) is 10.1. The van der Waals surface area contributed by atoms with Gasteiger partial charge in [0, 0.05) is 7.11 Å². The van der Waals surface area contributed by atoms with E-state index >= 15 is 8.78 Å². The van der Waals surface area contributed by atoms with E-state index in [4.69, 9.17) is 29.0 Å². The molecule has 14 nitrogen and oxygen atoms in total. The van der Waals surface area contributed by atoms with Crippen LogP contribution in [0.5, 0.6) is 11.6 Å². The van der Waals surface area contributed by atoms with E-state index in [1.54, 1.807) is 25.1 Å². The van der Waals surface area contributed by atoms with E-state index in [1.165, 1.54) is 19.1 Å². The summed E-state index contributed by atoms with van der Waals surface area (Å²) in [5.41, 5.74) is 5.54. The molecule has 0 aliphatic heterocycles. The van der Waals surface area contributed by atoms with E-state index in [2.05, 4.69) is 20.0 Å². The van der Waals surface area contributed by atoms with Gasteiger partial charge in [0.15, 0.2) is 17.3 Å². The smallest absolute Gasteiger partial charge is 0.459 e. The fourth-order valence-corrected chi connectivity index (χ4v) is 5.27. The number of imidazole rings is 1. The molecule has 2 aromatic heterocycles. The summed E-state index contributed by atoms with van der Waals surface area (Å²) < 4.78 is 73.3. The van der Waals surface area contributed by atoms with Crippen LogP contribution in [0.15, 0.2) is 36.7 Å². The van der Waals surface area contributed by atoms with Gasteiger partial charge in [-0.2, -0.15) is 15.1 Å². The van der Waals surface area contributed by atoms with E-state index in [-0.39, 0.29) is 47.9 Å². The minimum atomic E-state index is -4.60. The number of para-hydroxylation sites is 1. The number of aromatic nitrogens is 4. The molecule has 0 bridgehead atoms. The lowest BCUT2D eigenvalue weighted by Crippen LogP contribution is -2.55. The quantitative estimate of drug-likeness (QED) is 0.155. The molecular weight excluding hydrogens is 593 g/mol. The topological polar surface area (TPSA) is 182 Å². The Balaban J connectivity index is 1.89. The number of carbonyl (C=O) groups is 1. The number of nitrogen functional groups attached to an aromatic ring is 1. The monoisotopic (exact) mass is 630 g/mol. The maximum Gasteiger partial charge on any atom is 0.459 e. The highest BCUT2D eigenvalue weighted by Gasteiger charge is 2.54. The zero-order valence-electron chi connectivity index (χ0n) is 24.7. The standard InChI is InChI=1S/C26H37F2N6O8P/c1-7-39-21-19-20(31-24(29)32-21)34(15-30-19)25(5,27)23(36)26(28,38-6)14-41-43(37,42-18-11-9-8-10-12-18)33-17(4)22(35)40-13-16(2)3/h8-12,15-17,23,36H,7,13-14H2,1-6H3,(H,33,37)(H2,29,31,32)/t17?,23-,25-,26+,43?/m0/s1. The van der Waals surface area contributed by atoms with Crippen LogP contribution in [0.4, 0.5) is 14.7 Å². The molecule has 0 aliphatic rings. The minimum Gasteiger partial charge on any atom is -0.476 e. The fraction of sp³-hybridized carbons (Fsp3) is 0.538. The first kappa shape index (κ1) is 34.1. The molecule has 0 fully saturated rings. The summed E-state index contributed by atoms with van der Waals surface area (Å²) in [6.45, 7) is 6.51. The van der Waals surface area contributed by atoms with Gasteiger partial charge in [0.05, 0.1) is 19.5 Å². The summed E-state index contributed by atoms with van der Waals surface area (Å²) in [7, 11) is -3.75. The number of aliphatic hydroxyl groups excluding tert-OH is 1. The van der Waals surface area contributed by atoms with Crippen LogP contribution in [0.25, 0.3) is 11.2 Å². The number of fused-ring (bicyclic) bond motifs is 1. The van der Waals surface area contributed by atoms with Crippen LogP contribution < -0.4 is 20.1 Å². The van der Waals surface area contributed by atoms with Crippen molar-refractivity contribution in [2.75, 3.05) is 32.7 Å². The maximum absolute atomic E-state index is 16.3. The van der Waals surface area contributed by atoms with Crippen LogP contribution in [0.2, 0.25) is 0 Å². The number of rotatable bonds is 16. The number of carbonyl (C=O) groups excluding carboxylic acids is 1. The van der Waals surface area contributed by atoms with E-state index in [1.807, 2.05) is 13.8 Å². The summed E-state index contributed by atoms with van der Waals surface area (Å²) in [6, 6.07) is 6.48. The Labute approximate surface area is 247 Å². The number of nitrogens with zero attached hydrogens (tertiary/aromatic N) is 4. The summed E-state index contributed by atoms with van der Waals surface area (Å²) in [5, 5.41) is 13.4.